The summed E-state index contributed by atoms with van der Waals surface area (Å²) < 4.78 is 5.14. The quantitative estimate of drug-likeness (QED) is 0.217. The number of fused-ring (bicyclic) bond motifs is 4. The van der Waals surface area contributed by atoms with Crippen LogP contribution in [0.2, 0.25) is 0 Å². The molecule has 0 bridgehead atoms. The van der Waals surface area contributed by atoms with Crippen molar-refractivity contribution in [3.63, 3.8) is 0 Å². The molecule has 4 rings (SSSR count). The molecule has 0 aromatic rings. The molecule has 3 nitrogen and oxygen atoms in total. The zero-order valence-corrected chi connectivity index (χ0v) is 23.8. The van der Waals surface area contributed by atoms with Crippen molar-refractivity contribution in [3.05, 3.63) is 22.8 Å². The first-order valence-electron chi connectivity index (χ1n) is 14.4. The summed E-state index contributed by atoms with van der Waals surface area (Å²) in [6, 6.07) is 0. The third-order valence-electron chi connectivity index (χ3n) is 11.9. The van der Waals surface area contributed by atoms with E-state index in [-0.39, 0.29) is 22.2 Å². The highest BCUT2D eigenvalue weighted by atomic mass is 16.5. The normalized spacial score (nSPS) is 39.5. The molecule has 6 atom stereocenters. The van der Waals surface area contributed by atoms with Crippen LogP contribution < -0.4 is 0 Å². The SMILES string of the molecule is CCOC(=O)/C(C)=C\CC[C@@H](C)[C@H]1CC[C@@]2(C)C3=C(CC[C@]12C)[C@@]1(C)CCC(=O)C(C)(C)[C@@H]1CC3. The van der Waals surface area contributed by atoms with Crippen LogP contribution in [-0.4, -0.2) is 18.4 Å². The molecule has 0 radical (unpaired) electrons. The van der Waals surface area contributed by atoms with E-state index < -0.39 is 0 Å². The summed E-state index contributed by atoms with van der Waals surface area (Å²) in [6.45, 7) is 18.8. The third kappa shape index (κ3) is 3.98. The van der Waals surface area contributed by atoms with Crippen molar-refractivity contribution in [3.8, 4) is 0 Å². The molecule has 4 aliphatic rings. The van der Waals surface area contributed by atoms with Gasteiger partial charge in [-0.3, -0.25) is 4.79 Å². The molecule has 2 fully saturated rings. The van der Waals surface area contributed by atoms with E-state index in [4.69, 9.17) is 4.74 Å². The molecule has 35 heavy (non-hydrogen) atoms. The molecule has 0 spiro atoms. The molecule has 3 heteroatoms. The largest absolute Gasteiger partial charge is 0.463 e. The number of esters is 1. The Hall–Kier alpha value is -1.38. The van der Waals surface area contributed by atoms with Crippen LogP contribution in [0.5, 0.6) is 0 Å². The average Bonchev–Trinajstić information content (AvgIpc) is 3.08. The zero-order valence-electron chi connectivity index (χ0n) is 23.8. The highest BCUT2D eigenvalue weighted by molar-refractivity contribution is 5.87. The highest BCUT2D eigenvalue weighted by Crippen LogP contribution is 2.72. The smallest absolute Gasteiger partial charge is 0.333 e. The molecular formula is C32H50O3. The summed E-state index contributed by atoms with van der Waals surface area (Å²) >= 11 is 0. The van der Waals surface area contributed by atoms with Gasteiger partial charge >= 0.3 is 5.97 Å². The monoisotopic (exact) mass is 482 g/mol. The van der Waals surface area contributed by atoms with Gasteiger partial charge in [0.05, 0.1) is 6.61 Å². The molecule has 2 saturated carbocycles. The number of ketones is 1. The van der Waals surface area contributed by atoms with Crippen molar-refractivity contribution in [1.29, 1.82) is 0 Å². The van der Waals surface area contributed by atoms with Crippen LogP contribution in [0.3, 0.4) is 0 Å². The van der Waals surface area contributed by atoms with Crippen LogP contribution >= 0.6 is 0 Å². The van der Waals surface area contributed by atoms with Crippen molar-refractivity contribution >= 4 is 11.8 Å². The fourth-order valence-corrected chi connectivity index (χ4v) is 9.53. The van der Waals surface area contributed by atoms with Gasteiger partial charge in [-0.1, -0.05) is 58.8 Å². The van der Waals surface area contributed by atoms with E-state index in [9.17, 15) is 9.59 Å². The van der Waals surface area contributed by atoms with E-state index in [1.165, 1.54) is 38.5 Å². The minimum atomic E-state index is -0.185. The van der Waals surface area contributed by atoms with Crippen LogP contribution in [0.4, 0.5) is 0 Å². The first-order chi connectivity index (χ1) is 16.3. The molecule has 0 aromatic carbocycles. The fourth-order valence-electron chi connectivity index (χ4n) is 9.53. The van der Waals surface area contributed by atoms with Gasteiger partial charge in [0.2, 0.25) is 0 Å². The van der Waals surface area contributed by atoms with Gasteiger partial charge in [-0.25, -0.2) is 4.79 Å². The Morgan fingerprint density at radius 1 is 1.03 bits per heavy atom. The summed E-state index contributed by atoms with van der Waals surface area (Å²) in [4.78, 5) is 24.8. The molecule has 0 heterocycles. The predicted molar refractivity (Wildman–Crippen MR) is 143 cm³/mol. The van der Waals surface area contributed by atoms with E-state index in [0.29, 0.717) is 29.6 Å². The molecule has 0 unspecified atom stereocenters. The Kier molecular flexibility index (Phi) is 6.99. The molecule has 0 aliphatic heterocycles. The maximum atomic E-state index is 12.8. The van der Waals surface area contributed by atoms with Crippen LogP contribution in [0.1, 0.15) is 120 Å². The fraction of sp³-hybridized carbons (Fsp3) is 0.812. The van der Waals surface area contributed by atoms with Crippen molar-refractivity contribution in [2.24, 2.45) is 39.4 Å². The van der Waals surface area contributed by atoms with E-state index >= 15 is 0 Å². The highest BCUT2D eigenvalue weighted by Gasteiger charge is 2.63. The number of ether oxygens (including phenoxy) is 1. The summed E-state index contributed by atoms with van der Waals surface area (Å²) in [7, 11) is 0. The maximum Gasteiger partial charge on any atom is 0.333 e. The van der Waals surface area contributed by atoms with Crippen LogP contribution in [0, 0.1) is 39.4 Å². The summed E-state index contributed by atoms with van der Waals surface area (Å²) in [5.74, 6) is 2.18. The maximum absolute atomic E-state index is 12.8. The second kappa shape index (κ2) is 9.18. The number of hydrogen-bond donors (Lipinski definition) is 0. The molecule has 0 aromatic heterocycles. The Balaban J connectivity index is 1.55. The molecule has 4 aliphatic carbocycles. The van der Waals surface area contributed by atoms with E-state index in [0.717, 1.165) is 37.2 Å². The van der Waals surface area contributed by atoms with Crippen LogP contribution in [0.25, 0.3) is 0 Å². The van der Waals surface area contributed by atoms with Gasteiger partial charge in [0.25, 0.3) is 0 Å². The van der Waals surface area contributed by atoms with E-state index in [1.54, 1.807) is 11.1 Å². The van der Waals surface area contributed by atoms with Crippen molar-refractivity contribution < 1.29 is 14.3 Å². The van der Waals surface area contributed by atoms with Crippen LogP contribution in [0.15, 0.2) is 22.8 Å². The van der Waals surface area contributed by atoms with Gasteiger partial charge in [-0.15, -0.1) is 0 Å². The molecule has 196 valence electrons. The molecule has 0 N–H and O–H groups in total. The lowest BCUT2D eigenvalue weighted by molar-refractivity contribution is -0.140. The predicted octanol–water partition coefficient (Wildman–Crippen LogP) is 8.23. The first-order valence-corrected chi connectivity index (χ1v) is 14.4. The number of carbonyl (C=O) groups excluding carboxylic acids is 2. The lowest BCUT2D eigenvalue weighted by Crippen LogP contribution is -2.53. The van der Waals surface area contributed by atoms with E-state index in [1.807, 2.05) is 13.8 Å². The van der Waals surface area contributed by atoms with Gasteiger partial charge in [0, 0.05) is 17.4 Å². The standard InChI is InChI=1S/C32H50O3/c1-9-35-28(34)22(3)12-10-11-21(2)23-15-19-32(8)25-13-14-26-29(4,5)27(33)17-18-30(26,6)24(25)16-20-31(23,32)7/h12,21,23,26H,9-11,13-20H2,1-8H3/b22-12-/t21-,23-,26+,30-,31-,32+/m1/s1. The number of carbonyl (C=O) groups is 2. The third-order valence-corrected chi connectivity index (χ3v) is 11.9. The Morgan fingerprint density at radius 3 is 2.43 bits per heavy atom. The number of hydrogen-bond acceptors (Lipinski definition) is 3. The molecular weight excluding hydrogens is 432 g/mol. The number of allylic oxidation sites excluding steroid dienone is 3. The van der Waals surface area contributed by atoms with Gasteiger partial charge in [0.15, 0.2) is 0 Å². The summed E-state index contributed by atoms with van der Waals surface area (Å²) in [6.07, 6.45) is 13.5. The van der Waals surface area contributed by atoms with Crippen molar-refractivity contribution in [1.82, 2.24) is 0 Å². The van der Waals surface area contributed by atoms with Gasteiger partial charge in [0.1, 0.15) is 5.78 Å². The number of Topliss-reactive ketones (excluding diaryl/α,β-unsaturated/α-hetero) is 1. The number of rotatable bonds is 6. The Bertz CT molecular complexity index is 938. The molecule has 0 saturated heterocycles. The Labute approximate surface area is 214 Å². The van der Waals surface area contributed by atoms with Crippen molar-refractivity contribution in [2.45, 2.75) is 120 Å². The second-order valence-corrected chi connectivity index (χ2v) is 13.7. The van der Waals surface area contributed by atoms with Crippen molar-refractivity contribution in [2.75, 3.05) is 6.61 Å². The lowest BCUT2D eigenvalue weighted by Gasteiger charge is -2.61. The lowest BCUT2D eigenvalue weighted by atomic mass is 9.43. The van der Waals surface area contributed by atoms with Gasteiger partial charge in [-0.2, -0.15) is 0 Å². The Morgan fingerprint density at radius 2 is 1.74 bits per heavy atom. The minimum Gasteiger partial charge on any atom is -0.463 e. The summed E-state index contributed by atoms with van der Waals surface area (Å²) in [5, 5.41) is 0. The van der Waals surface area contributed by atoms with E-state index in [2.05, 4.69) is 47.6 Å². The van der Waals surface area contributed by atoms with Crippen LogP contribution in [-0.2, 0) is 14.3 Å². The zero-order chi connectivity index (χ0) is 25.8. The topological polar surface area (TPSA) is 43.4 Å². The molecule has 0 amide bonds. The average molecular weight is 483 g/mol. The first kappa shape index (κ1) is 26.7. The van der Waals surface area contributed by atoms with Gasteiger partial charge in [-0.05, 0) is 106 Å². The second-order valence-electron chi connectivity index (χ2n) is 13.7. The summed E-state index contributed by atoms with van der Waals surface area (Å²) in [5.41, 5.74) is 4.94. The van der Waals surface area contributed by atoms with Gasteiger partial charge < -0.3 is 4.74 Å². The minimum absolute atomic E-state index is 0.177.